The highest BCUT2D eigenvalue weighted by molar-refractivity contribution is 9.10. The smallest absolute Gasteiger partial charge is 0.240 e. The molecule has 0 radical (unpaired) electrons. The number of methoxy groups -OCH3 is 2. The van der Waals surface area contributed by atoms with Gasteiger partial charge in [-0.1, -0.05) is 12.1 Å². The number of sulfonamides is 1. The topological polar surface area (TPSA) is 128 Å². The monoisotopic (exact) mass is 493 g/mol. The molecule has 9 nitrogen and oxygen atoms in total. The van der Waals surface area contributed by atoms with E-state index < -0.39 is 10.0 Å². The summed E-state index contributed by atoms with van der Waals surface area (Å²) in [6, 6.07) is 10.1. The molecule has 0 aliphatic rings. The molecule has 1 aromatic heterocycles. The Labute approximate surface area is 182 Å². The maximum Gasteiger partial charge on any atom is 0.240 e. The summed E-state index contributed by atoms with van der Waals surface area (Å²) in [5, 5.41) is 11.5. The number of aryl methyl sites for hydroxylation is 1. The van der Waals surface area contributed by atoms with Crippen LogP contribution in [0.4, 0.5) is 23.1 Å². The third-order valence-electron chi connectivity index (χ3n) is 4.18. The van der Waals surface area contributed by atoms with E-state index in [4.69, 9.17) is 14.6 Å². The molecular weight excluding hydrogens is 474 g/mol. The Kier molecular flexibility index (Phi) is 6.44. The van der Waals surface area contributed by atoms with Crippen LogP contribution in [-0.2, 0) is 10.0 Å². The van der Waals surface area contributed by atoms with Crippen molar-refractivity contribution in [1.82, 2.24) is 9.97 Å². The molecule has 0 aliphatic heterocycles. The van der Waals surface area contributed by atoms with Gasteiger partial charge in [-0.3, -0.25) is 0 Å². The minimum Gasteiger partial charge on any atom is -0.497 e. The summed E-state index contributed by atoms with van der Waals surface area (Å²) in [5.74, 6) is 1.83. The van der Waals surface area contributed by atoms with Crippen LogP contribution in [0.15, 0.2) is 52.0 Å². The van der Waals surface area contributed by atoms with Crippen LogP contribution in [-0.4, -0.2) is 32.6 Å². The third-order valence-corrected chi connectivity index (χ3v) is 5.72. The number of aromatic nitrogens is 2. The van der Waals surface area contributed by atoms with Crippen LogP contribution in [0, 0.1) is 6.92 Å². The number of hydrogen-bond acceptors (Lipinski definition) is 8. The van der Waals surface area contributed by atoms with E-state index in [-0.39, 0.29) is 10.8 Å². The number of ether oxygens (including phenoxy) is 2. The van der Waals surface area contributed by atoms with Gasteiger partial charge in [0, 0.05) is 12.3 Å². The van der Waals surface area contributed by atoms with Gasteiger partial charge >= 0.3 is 0 Å². The first-order valence-electron chi connectivity index (χ1n) is 8.64. The number of halogens is 1. The lowest BCUT2D eigenvalue weighted by molar-refractivity contribution is 0.395. The van der Waals surface area contributed by atoms with Crippen LogP contribution >= 0.6 is 15.9 Å². The summed E-state index contributed by atoms with van der Waals surface area (Å²) in [4.78, 5) is 8.66. The third kappa shape index (κ3) is 4.81. The van der Waals surface area contributed by atoms with Gasteiger partial charge in [-0.25, -0.2) is 18.5 Å². The molecule has 0 bridgehead atoms. The number of nitrogens with one attached hydrogen (secondary N) is 2. The molecule has 3 rings (SSSR count). The summed E-state index contributed by atoms with van der Waals surface area (Å²) < 4.78 is 35.1. The molecule has 2 aromatic carbocycles. The Morgan fingerprint density at radius 2 is 1.87 bits per heavy atom. The van der Waals surface area contributed by atoms with E-state index in [1.807, 2.05) is 0 Å². The molecule has 0 atom stereocenters. The first-order chi connectivity index (χ1) is 14.2. The molecule has 0 saturated heterocycles. The van der Waals surface area contributed by atoms with Crippen molar-refractivity contribution >= 4 is 49.1 Å². The number of hydrogen-bond donors (Lipinski definition) is 3. The number of benzene rings is 2. The first kappa shape index (κ1) is 21.8. The summed E-state index contributed by atoms with van der Waals surface area (Å²) >= 11 is 3.38. The zero-order valence-corrected chi connectivity index (χ0v) is 18.8. The van der Waals surface area contributed by atoms with E-state index >= 15 is 0 Å². The molecule has 4 N–H and O–H groups in total. The Morgan fingerprint density at radius 3 is 2.53 bits per heavy atom. The normalized spacial score (nSPS) is 11.1. The van der Waals surface area contributed by atoms with E-state index in [9.17, 15) is 8.42 Å². The number of anilines is 4. The SMILES string of the molecule is COc1ccc(Nc2ncc(Br)c(Nc3c(C)cccc3S(N)(=O)=O)n2)c(OC)c1. The van der Waals surface area contributed by atoms with Crippen LogP contribution in [0.25, 0.3) is 0 Å². The lowest BCUT2D eigenvalue weighted by Crippen LogP contribution is -2.15. The molecule has 3 aromatic rings. The molecule has 1 heterocycles. The van der Waals surface area contributed by atoms with Crippen LogP contribution in [0.1, 0.15) is 5.56 Å². The van der Waals surface area contributed by atoms with Gasteiger partial charge in [-0.15, -0.1) is 0 Å². The van der Waals surface area contributed by atoms with Gasteiger partial charge in [-0.2, -0.15) is 4.98 Å². The molecule has 30 heavy (non-hydrogen) atoms. The lowest BCUT2D eigenvalue weighted by atomic mass is 10.2. The van der Waals surface area contributed by atoms with Gasteiger partial charge in [0.05, 0.1) is 30.1 Å². The minimum absolute atomic E-state index is 0.0284. The lowest BCUT2D eigenvalue weighted by Gasteiger charge is -2.15. The van der Waals surface area contributed by atoms with E-state index in [1.54, 1.807) is 57.7 Å². The predicted octanol–water partition coefficient (Wildman–Crippen LogP) is 3.70. The zero-order valence-electron chi connectivity index (χ0n) is 16.4. The quantitative estimate of drug-likeness (QED) is 0.454. The number of para-hydroxylation sites is 1. The first-order valence-corrected chi connectivity index (χ1v) is 11.0. The van der Waals surface area contributed by atoms with Crippen molar-refractivity contribution in [2.24, 2.45) is 5.14 Å². The molecule has 11 heteroatoms. The second-order valence-corrected chi connectivity index (χ2v) is 8.58. The fourth-order valence-electron chi connectivity index (χ4n) is 2.69. The molecule has 0 aliphatic carbocycles. The molecule has 0 unspecified atom stereocenters. The Morgan fingerprint density at radius 1 is 1.10 bits per heavy atom. The summed E-state index contributed by atoms with van der Waals surface area (Å²) in [5.41, 5.74) is 1.67. The largest absolute Gasteiger partial charge is 0.497 e. The summed E-state index contributed by atoms with van der Waals surface area (Å²) in [7, 11) is -0.816. The van der Waals surface area contributed by atoms with Crippen LogP contribution in [0.5, 0.6) is 11.5 Å². The van der Waals surface area contributed by atoms with Crippen LogP contribution in [0.3, 0.4) is 0 Å². The van der Waals surface area contributed by atoms with E-state index in [2.05, 4.69) is 36.5 Å². The average Bonchev–Trinajstić information content (AvgIpc) is 2.71. The maximum absolute atomic E-state index is 12.0. The Bertz CT molecular complexity index is 1190. The van der Waals surface area contributed by atoms with Gasteiger partial charge in [0.15, 0.2) is 0 Å². The van der Waals surface area contributed by atoms with E-state index in [1.165, 1.54) is 6.07 Å². The highest BCUT2D eigenvalue weighted by Crippen LogP contribution is 2.33. The molecular formula is C19H20BrN5O4S. The molecule has 0 fully saturated rings. The molecule has 0 spiro atoms. The Balaban J connectivity index is 1.97. The minimum atomic E-state index is -3.93. The van der Waals surface area contributed by atoms with Crippen molar-refractivity contribution in [3.05, 3.63) is 52.6 Å². The second-order valence-electron chi connectivity index (χ2n) is 6.20. The fourth-order valence-corrected chi connectivity index (χ4v) is 3.75. The van der Waals surface area contributed by atoms with Crippen molar-refractivity contribution in [3.8, 4) is 11.5 Å². The van der Waals surface area contributed by atoms with Crippen molar-refractivity contribution in [3.63, 3.8) is 0 Å². The summed E-state index contributed by atoms with van der Waals surface area (Å²) in [6.45, 7) is 1.77. The van der Waals surface area contributed by atoms with Crippen molar-refractivity contribution in [1.29, 1.82) is 0 Å². The van der Waals surface area contributed by atoms with Crippen molar-refractivity contribution < 1.29 is 17.9 Å². The van der Waals surface area contributed by atoms with Gasteiger partial charge in [-0.05, 0) is 46.6 Å². The van der Waals surface area contributed by atoms with Gasteiger partial charge in [0.25, 0.3) is 0 Å². The number of nitrogens with two attached hydrogens (primary N) is 1. The summed E-state index contributed by atoms with van der Waals surface area (Å²) in [6.07, 6.45) is 1.54. The van der Waals surface area contributed by atoms with E-state index in [0.29, 0.717) is 38.7 Å². The second kappa shape index (κ2) is 8.86. The highest BCUT2D eigenvalue weighted by Gasteiger charge is 2.18. The van der Waals surface area contributed by atoms with Gasteiger partial charge < -0.3 is 20.1 Å². The fraction of sp³-hybridized carbons (Fsp3) is 0.158. The standard InChI is InChI=1S/C19H20BrN5O4S/c1-11-5-4-6-16(30(21,26)27)17(11)24-18-13(20)10-22-19(25-18)23-14-8-7-12(28-2)9-15(14)29-3/h4-10H,1-3H3,(H2,21,26,27)(H2,22,23,24,25). The van der Waals surface area contributed by atoms with Crippen LogP contribution < -0.4 is 25.2 Å². The van der Waals surface area contributed by atoms with Crippen molar-refractivity contribution in [2.45, 2.75) is 11.8 Å². The van der Waals surface area contributed by atoms with Crippen LogP contribution in [0.2, 0.25) is 0 Å². The molecule has 158 valence electrons. The number of rotatable bonds is 7. The predicted molar refractivity (Wildman–Crippen MR) is 118 cm³/mol. The maximum atomic E-state index is 12.0. The highest BCUT2D eigenvalue weighted by atomic mass is 79.9. The molecule has 0 saturated carbocycles. The average molecular weight is 494 g/mol. The zero-order chi connectivity index (χ0) is 21.9. The number of primary sulfonamides is 1. The molecule has 0 amide bonds. The van der Waals surface area contributed by atoms with E-state index in [0.717, 1.165) is 0 Å². The van der Waals surface area contributed by atoms with Gasteiger partial charge in [0.2, 0.25) is 16.0 Å². The number of nitrogens with zero attached hydrogens (tertiary/aromatic N) is 2. The van der Waals surface area contributed by atoms with Gasteiger partial charge in [0.1, 0.15) is 22.2 Å². The van der Waals surface area contributed by atoms with Crippen molar-refractivity contribution in [2.75, 3.05) is 24.9 Å². The Hall–Kier alpha value is -2.89.